The van der Waals surface area contributed by atoms with Crippen molar-refractivity contribution in [1.82, 2.24) is 4.90 Å². The van der Waals surface area contributed by atoms with Crippen molar-refractivity contribution in [3.05, 3.63) is 58.1 Å². The van der Waals surface area contributed by atoms with E-state index in [0.29, 0.717) is 15.6 Å². The molecule has 3 rings (SSSR count). The fourth-order valence-electron chi connectivity index (χ4n) is 2.62. The maximum atomic E-state index is 12.5. The van der Waals surface area contributed by atoms with E-state index < -0.39 is 9.84 Å². The molecule has 24 heavy (non-hydrogen) atoms. The normalized spacial score (nSPS) is 16.8. The fraction of sp³-hybridized carbons (Fsp3) is 0.235. The van der Waals surface area contributed by atoms with Gasteiger partial charge in [-0.25, -0.2) is 8.42 Å². The molecule has 4 nitrogen and oxygen atoms in total. The number of carbonyl (C=O) groups is 1. The molecule has 0 spiro atoms. The molecule has 2 aromatic carbocycles. The van der Waals surface area contributed by atoms with E-state index >= 15 is 0 Å². The van der Waals surface area contributed by atoms with Crippen molar-refractivity contribution >= 4 is 38.9 Å². The predicted molar refractivity (Wildman–Crippen MR) is 96.5 cm³/mol. The third-order valence-electron chi connectivity index (χ3n) is 3.96. The van der Waals surface area contributed by atoms with Crippen LogP contribution in [0.1, 0.15) is 10.4 Å². The minimum atomic E-state index is -3.00. The molecule has 2 aromatic rings. The molecular formula is C17H15Cl2NO3S. The molecule has 0 aliphatic carbocycles. The van der Waals surface area contributed by atoms with Gasteiger partial charge in [-0.15, -0.1) is 0 Å². The zero-order valence-electron chi connectivity index (χ0n) is 12.7. The van der Waals surface area contributed by atoms with Crippen LogP contribution in [-0.4, -0.2) is 43.8 Å². The number of benzene rings is 2. The molecule has 7 heteroatoms. The highest BCUT2D eigenvalue weighted by atomic mass is 35.5. The van der Waals surface area contributed by atoms with Gasteiger partial charge in [0.05, 0.1) is 11.5 Å². The third kappa shape index (κ3) is 3.91. The van der Waals surface area contributed by atoms with E-state index in [0.717, 1.165) is 11.1 Å². The summed E-state index contributed by atoms with van der Waals surface area (Å²) in [6.45, 7) is 0.486. The van der Waals surface area contributed by atoms with Gasteiger partial charge < -0.3 is 4.90 Å². The summed E-state index contributed by atoms with van der Waals surface area (Å²) in [5.74, 6) is -0.101. The van der Waals surface area contributed by atoms with Gasteiger partial charge in [0.1, 0.15) is 0 Å². The molecule has 0 bridgehead atoms. The van der Waals surface area contributed by atoms with Crippen LogP contribution in [0.2, 0.25) is 10.0 Å². The summed E-state index contributed by atoms with van der Waals surface area (Å²) in [4.78, 5) is 14.0. The van der Waals surface area contributed by atoms with Crippen molar-refractivity contribution in [3.8, 4) is 11.1 Å². The SMILES string of the molecule is O=C(c1ccc(-c2cc(Cl)cc(Cl)c2)cc1)N1CCS(=O)(=O)CC1. The molecule has 1 aliphatic rings. The first-order valence-corrected chi connectivity index (χ1v) is 9.98. The van der Waals surface area contributed by atoms with E-state index in [-0.39, 0.29) is 30.5 Å². The molecule has 126 valence electrons. The van der Waals surface area contributed by atoms with Crippen molar-refractivity contribution < 1.29 is 13.2 Å². The van der Waals surface area contributed by atoms with Crippen LogP contribution in [0.25, 0.3) is 11.1 Å². The minimum Gasteiger partial charge on any atom is -0.337 e. The molecular weight excluding hydrogens is 369 g/mol. The first-order chi connectivity index (χ1) is 11.3. The first-order valence-electron chi connectivity index (χ1n) is 7.40. The van der Waals surface area contributed by atoms with Crippen LogP contribution in [0.15, 0.2) is 42.5 Å². The molecule has 1 amide bonds. The van der Waals surface area contributed by atoms with Crippen LogP contribution in [0.5, 0.6) is 0 Å². The average molecular weight is 384 g/mol. The summed E-state index contributed by atoms with van der Waals surface area (Å²) in [6.07, 6.45) is 0. The van der Waals surface area contributed by atoms with Crippen molar-refractivity contribution in [2.75, 3.05) is 24.6 Å². The van der Waals surface area contributed by atoms with E-state index in [1.54, 1.807) is 35.2 Å². The Morgan fingerprint density at radius 2 is 1.42 bits per heavy atom. The average Bonchev–Trinajstić information content (AvgIpc) is 2.53. The molecule has 1 saturated heterocycles. The smallest absolute Gasteiger partial charge is 0.253 e. The summed E-state index contributed by atoms with van der Waals surface area (Å²) >= 11 is 12.0. The Balaban J connectivity index is 1.78. The van der Waals surface area contributed by atoms with Gasteiger partial charge in [0, 0.05) is 28.7 Å². The highest BCUT2D eigenvalue weighted by Gasteiger charge is 2.25. The van der Waals surface area contributed by atoms with E-state index in [1.165, 1.54) is 0 Å². The van der Waals surface area contributed by atoms with Gasteiger partial charge in [0.25, 0.3) is 5.91 Å². The molecule has 0 N–H and O–H groups in total. The Morgan fingerprint density at radius 3 is 1.96 bits per heavy atom. The zero-order valence-corrected chi connectivity index (χ0v) is 15.0. The monoisotopic (exact) mass is 383 g/mol. The number of rotatable bonds is 2. The molecule has 0 aromatic heterocycles. The third-order valence-corrected chi connectivity index (χ3v) is 6.00. The van der Waals surface area contributed by atoms with Crippen LogP contribution in [-0.2, 0) is 9.84 Å². The van der Waals surface area contributed by atoms with Crippen molar-refractivity contribution in [2.45, 2.75) is 0 Å². The van der Waals surface area contributed by atoms with Crippen LogP contribution in [0.4, 0.5) is 0 Å². The van der Waals surface area contributed by atoms with Gasteiger partial charge in [-0.2, -0.15) is 0 Å². The first kappa shape index (κ1) is 17.3. The van der Waals surface area contributed by atoms with E-state index in [9.17, 15) is 13.2 Å². The van der Waals surface area contributed by atoms with Crippen LogP contribution in [0.3, 0.4) is 0 Å². The summed E-state index contributed by atoms with van der Waals surface area (Å²) in [6, 6.07) is 12.4. The summed E-state index contributed by atoms with van der Waals surface area (Å²) < 4.78 is 22.9. The zero-order chi connectivity index (χ0) is 17.3. The van der Waals surface area contributed by atoms with E-state index in [1.807, 2.05) is 12.1 Å². The van der Waals surface area contributed by atoms with E-state index in [2.05, 4.69) is 0 Å². The number of halogens is 2. The Labute approximate surface area is 150 Å². The van der Waals surface area contributed by atoms with Gasteiger partial charge in [0.15, 0.2) is 9.84 Å². The number of amides is 1. The molecule has 0 atom stereocenters. The lowest BCUT2D eigenvalue weighted by atomic mass is 10.0. The minimum absolute atomic E-state index is 0.0256. The quantitative estimate of drug-likeness (QED) is 0.796. The standard InChI is InChI=1S/C17H15Cl2NO3S/c18-15-9-14(10-16(19)11-15)12-1-3-13(4-2-12)17(21)20-5-7-24(22,23)8-6-20/h1-4,9-11H,5-8H2. The maximum Gasteiger partial charge on any atom is 0.253 e. The number of sulfone groups is 1. The summed E-state index contributed by atoms with van der Waals surface area (Å²) in [7, 11) is -3.00. The summed E-state index contributed by atoms with van der Waals surface area (Å²) in [5.41, 5.74) is 2.30. The van der Waals surface area contributed by atoms with Gasteiger partial charge in [-0.1, -0.05) is 35.3 Å². The lowest BCUT2D eigenvalue weighted by Gasteiger charge is -2.26. The van der Waals surface area contributed by atoms with Gasteiger partial charge in [-0.05, 0) is 41.5 Å². The van der Waals surface area contributed by atoms with Crippen LogP contribution in [0, 0.1) is 0 Å². The molecule has 0 radical (unpaired) electrons. The molecule has 0 saturated carbocycles. The lowest BCUT2D eigenvalue weighted by Crippen LogP contribution is -2.43. The van der Waals surface area contributed by atoms with Crippen molar-refractivity contribution in [1.29, 1.82) is 0 Å². The highest BCUT2D eigenvalue weighted by Crippen LogP contribution is 2.27. The van der Waals surface area contributed by atoms with Crippen molar-refractivity contribution in [2.24, 2.45) is 0 Å². The fourth-order valence-corrected chi connectivity index (χ4v) is 4.35. The Morgan fingerprint density at radius 1 is 0.875 bits per heavy atom. The number of hydrogen-bond acceptors (Lipinski definition) is 3. The summed E-state index contributed by atoms with van der Waals surface area (Å²) in [5, 5.41) is 1.10. The van der Waals surface area contributed by atoms with Gasteiger partial charge in [-0.3, -0.25) is 4.79 Å². The largest absolute Gasteiger partial charge is 0.337 e. The number of carbonyl (C=O) groups excluding carboxylic acids is 1. The molecule has 1 aliphatic heterocycles. The lowest BCUT2D eigenvalue weighted by molar-refractivity contribution is 0.0770. The van der Waals surface area contributed by atoms with Crippen LogP contribution < -0.4 is 0 Å². The number of nitrogens with zero attached hydrogens (tertiary/aromatic N) is 1. The highest BCUT2D eigenvalue weighted by molar-refractivity contribution is 7.91. The maximum absolute atomic E-state index is 12.5. The predicted octanol–water partition coefficient (Wildman–Crippen LogP) is 3.53. The topological polar surface area (TPSA) is 54.5 Å². The second-order valence-electron chi connectivity index (χ2n) is 5.68. The second kappa shape index (κ2) is 6.75. The second-order valence-corrected chi connectivity index (χ2v) is 8.86. The van der Waals surface area contributed by atoms with Crippen molar-refractivity contribution in [3.63, 3.8) is 0 Å². The Bertz CT molecular complexity index is 845. The van der Waals surface area contributed by atoms with Gasteiger partial charge in [0.2, 0.25) is 0 Å². The Kier molecular flexibility index (Phi) is 4.85. The molecule has 1 fully saturated rings. The van der Waals surface area contributed by atoms with E-state index in [4.69, 9.17) is 23.2 Å². The Hall–Kier alpha value is -1.56. The van der Waals surface area contributed by atoms with Crippen LogP contribution >= 0.6 is 23.2 Å². The van der Waals surface area contributed by atoms with Gasteiger partial charge >= 0.3 is 0 Å². The molecule has 0 unspecified atom stereocenters. The molecule has 1 heterocycles. The number of hydrogen-bond donors (Lipinski definition) is 0.